The van der Waals surface area contributed by atoms with Gasteiger partial charge >= 0.3 is 5.97 Å². The lowest BCUT2D eigenvalue weighted by Gasteiger charge is -2.07. The van der Waals surface area contributed by atoms with Crippen molar-refractivity contribution in [2.24, 2.45) is 10.2 Å². The van der Waals surface area contributed by atoms with Crippen LogP contribution >= 0.6 is 11.8 Å². The van der Waals surface area contributed by atoms with Crippen LogP contribution in [-0.2, 0) is 9.59 Å². The third-order valence-corrected chi connectivity index (χ3v) is 4.49. The number of carboxylic acids is 1. The average Bonchev–Trinajstić information content (AvgIpc) is 2.97. The summed E-state index contributed by atoms with van der Waals surface area (Å²) in [7, 11) is 0. The zero-order valence-electron chi connectivity index (χ0n) is 13.8. The van der Waals surface area contributed by atoms with Crippen molar-refractivity contribution in [3.63, 3.8) is 0 Å². The molecular formula is C18H14FN3O4S. The van der Waals surface area contributed by atoms with Crippen molar-refractivity contribution >= 4 is 35.0 Å². The molecule has 9 heteroatoms. The highest BCUT2D eigenvalue weighted by Gasteiger charge is 2.32. The first-order chi connectivity index (χ1) is 13.0. The van der Waals surface area contributed by atoms with Crippen LogP contribution in [0.1, 0.15) is 12.0 Å². The molecule has 0 aliphatic carbocycles. The fourth-order valence-electron chi connectivity index (χ4n) is 2.19. The number of carbonyl (C=O) groups excluding carboxylic acids is 1. The van der Waals surface area contributed by atoms with Crippen LogP contribution in [-0.4, -0.2) is 33.6 Å². The minimum absolute atomic E-state index is 0.0443. The van der Waals surface area contributed by atoms with Crippen molar-refractivity contribution in [1.82, 2.24) is 5.32 Å². The minimum Gasteiger partial charge on any atom is -0.481 e. The molecule has 138 valence electrons. The molecule has 0 spiro atoms. The Morgan fingerprint density at radius 1 is 1.30 bits per heavy atom. The number of thioether (sulfide) groups is 1. The van der Waals surface area contributed by atoms with Gasteiger partial charge in [-0.2, -0.15) is 5.10 Å². The number of carboxylic acid groups (broad SMARTS) is 1. The maximum absolute atomic E-state index is 13.9. The first kappa shape index (κ1) is 18.6. The Hall–Kier alpha value is -3.20. The van der Waals surface area contributed by atoms with Crippen LogP contribution in [0.5, 0.6) is 11.5 Å². The van der Waals surface area contributed by atoms with Gasteiger partial charge in [0.25, 0.3) is 0 Å². The van der Waals surface area contributed by atoms with Gasteiger partial charge in [0.05, 0.1) is 12.6 Å². The van der Waals surface area contributed by atoms with Crippen molar-refractivity contribution in [1.29, 1.82) is 0 Å². The predicted molar refractivity (Wildman–Crippen MR) is 99.7 cm³/mol. The Bertz CT molecular complexity index is 918. The van der Waals surface area contributed by atoms with E-state index < -0.39 is 22.9 Å². The van der Waals surface area contributed by atoms with E-state index in [4.69, 9.17) is 9.84 Å². The van der Waals surface area contributed by atoms with Crippen LogP contribution < -0.4 is 10.1 Å². The van der Waals surface area contributed by atoms with Gasteiger partial charge in [0, 0.05) is 0 Å². The molecule has 1 amide bonds. The van der Waals surface area contributed by atoms with Gasteiger partial charge in [0.15, 0.2) is 16.7 Å². The molecule has 0 aromatic heterocycles. The molecule has 0 radical (unpaired) electrons. The highest BCUT2D eigenvalue weighted by Crippen LogP contribution is 2.25. The van der Waals surface area contributed by atoms with Gasteiger partial charge in [-0.15, -0.1) is 5.10 Å². The maximum Gasteiger partial charge on any atom is 0.305 e. The number of benzene rings is 2. The molecule has 3 rings (SSSR count). The number of halogens is 1. The van der Waals surface area contributed by atoms with E-state index in [9.17, 15) is 14.0 Å². The lowest BCUT2D eigenvalue weighted by molar-refractivity contribution is -0.138. The third kappa shape index (κ3) is 5.14. The number of aliphatic carboxylic acids is 1. The molecule has 1 heterocycles. The summed E-state index contributed by atoms with van der Waals surface area (Å²) in [5.74, 6) is -1.46. The molecule has 7 nitrogen and oxygen atoms in total. The molecule has 1 saturated heterocycles. The maximum atomic E-state index is 13.9. The molecule has 0 saturated carbocycles. The Morgan fingerprint density at radius 2 is 2.07 bits per heavy atom. The average molecular weight is 387 g/mol. The van der Waals surface area contributed by atoms with Crippen LogP contribution in [0.4, 0.5) is 4.39 Å². The molecule has 2 N–H and O–H groups in total. The van der Waals surface area contributed by atoms with Gasteiger partial charge in [0.2, 0.25) is 5.91 Å². The summed E-state index contributed by atoms with van der Waals surface area (Å²) in [6.45, 7) is 0. The number of hydrogen-bond donors (Lipinski definition) is 2. The monoisotopic (exact) mass is 387 g/mol. The number of para-hydroxylation sites is 1. The molecule has 1 atom stereocenters. The molecule has 2 aromatic rings. The number of amidine groups is 1. The molecule has 1 aliphatic rings. The van der Waals surface area contributed by atoms with E-state index in [2.05, 4.69) is 15.5 Å². The fourth-order valence-corrected chi connectivity index (χ4v) is 3.10. The summed E-state index contributed by atoms with van der Waals surface area (Å²) < 4.78 is 19.4. The minimum atomic E-state index is -1.07. The SMILES string of the molecule is O=C(O)CC1SC(=NN=Cc2ccc(F)c(Oc3ccccc3)c2)NC1=O. The standard InChI is InChI=1S/C18H14FN3O4S/c19-13-7-6-11(8-14(13)26-12-4-2-1-3-5-12)10-20-22-18-21-17(25)15(27-18)9-16(23)24/h1-8,10,15H,9H2,(H,23,24)(H,21,22,25). The Kier molecular flexibility index (Phi) is 5.82. The van der Waals surface area contributed by atoms with E-state index in [1.165, 1.54) is 24.4 Å². The second-order valence-electron chi connectivity index (χ2n) is 5.45. The number of nitrogens with zero attached hydrogens (tertiary/aromatic N) is 2. The second kappa shape index (κ2) is 8.45. The molecule has 1 unspecified atom stereocenters. The molecule has 0 bridgehead atoms. The summed E-state index contributed by atoms with van der Waals surface area (Å²) in [5, 5.41) is 18.4. The predicted octanol–water partition coefficient (Wildman–Crippen LogP) is 3.01. The van der Waals surface area contributed by atoms with Gasteiger partial charge in [-0.1, -0.05) is 36.0 Å². The lowest BCUT2D eigenvalue weighted by Crippen LogP contribution is -2.26. The molecular weight excluding hydrogens is 373 g/mol. The number of nitrogens with one attached hydrogen (secondary N) is 1. The van der Waals surface area contributed by atoms with Crippen molar-refractivity contribution in [3.8, 4) is 11.5 Å². The molecule has 27 heavy (non-hydrogen) atoms. The summed E-state index contributed by atoms with van der Waals surface area (Å²) >= 11 is 1.000. The van der Waals surface area contributed by atoms with Crippen molar-refractivity contribution < 1.29 is 23.8 Å². The topological polar surface area (TPSA) is 100 Å². The summed E-state index contributed by atoms with van der Waals surface area (Å²) in [6, 6.07) is 13.0. The molecule has 1 aliphatic heterocycles. The van der Waals surface area contributed by atoms with Gasteiger partial charge in [-0.25, -0.2) is 4.39 Å². The Labute approximate surface area is 158 Å². The first-order valence-electron chi connectivity index (χ1n) is 7.84. The van der Waals surface area contributed by atoms with Crippen molar-refractivity contribution in [2.45, 2.75) is 11.7 Å². The summed E-state index contributed by atoms with van der Waals surface area (Å²) in [5.41, 5.74) is 0.545. The van der Waals surface area contributed by atoms with Gasteiger partial charge < -0.3 is 15.2 Å². The van der Waals surface area contributed by atoms with E-state index in [0.717, 1.165) is 11.8 Å². The highest BCUT2D eigenvalue weighted by atomic mass is 32.2. The number of ether oxygens (including phenoxy) is 1. The van der Waals surface area contributed by atoms with E-state index in [1.807, 2.05) is 6.07 Å². The van der Waals surface area contributed by atoms with Gasteiger partial charge in [0.1, 0.15) is 11.0 Å². The van der Waals surface area contributed by atoms with Crippen LogP contribution in [0, 0.1) is 5.82 Å². The van der Waals surface area contributed by atoms with E-state index in [0.29, 0.717) is 11.3 Å². The number of carbonyl (C=O) groups is 2. The summed E-state index contributed by atoms with van der Waals surface area (Å²) in [6.07, 6.45) is 1.08. The highest BCUT2D eigenvalue weighted by molar-refractivity contribution is 8.15. The second-order valence-corrected chi connectivity index (χ2v) is 6.64. The van der Waals surface area contributed by atoms with Crippen LogP contribution in [0.15, 0.2) is 58.7 Å². The number of amides is 1. The largest absolute Gasteiger partial charge is 0.481 e. The molecule has 2 aromatic carbocycles. The number of hydrogen-bond acceptors (Lipinski definition) is 6. The third-order valence-electron chi connectivity index (χ3n) is 3.42. The van der Waals surface area contributed by atoms with Gasteiger partial charge in [-0.3, -0.25) is 9.59 Å². The zero-order chi connectivity index (χ0) is 19.2. The van der Waals surface area contributed by atoms with Crippen molar-refractivity contribution in [2.75, 3.05) is 0 Å². The van der Waals surface area contributed by atoms with E-state index in [-0.39, 0.29) is 17.3 Å². The van der Waals surface area contributed by atoms with E-state index in [1.54, 1.807) is 24.3 Å². The Balaban J connectivity index is 1.68. The smallest absolute Gasteiger partial charge is 0.305 e. The quantitative estimate of drug-likeness (QED) is 0.586. The number of rotatable bonds is 6. The van der Waals surface area contributed by atoms with Crippen LogP contribution in [0.2, 0.25) is 0 Å². The lowest BCUT2D eigenvalue weighted by atomic mass is 10.2. The fraction of sp³-hybridized carbons (Fsp3) is 0.111. The van der Waals surface area contributed by atoms with Crippen molar-refractivity contribution in [3.05, 3.63) is 59.9 Å². The van der Waals surface area contributed by atoms with Gasteiger partial charge in [-0.05, 0) is 29.8 Å². The normalized spacial score (nSPS) is 18.0. The summed E-state index contributed by atoms with van der Waals surface area (Å²) in [4.78, 5) is 22.3. The first-order valence-corrected chi connectivity index (χ1v) is 8.72. The molecule has 1 fully saturated rings. The zero-order valence-corrected chi connectivity index (χ0v) is 14.6. The Morgan fingerprint density at radius 3 is 2.81 bits per heavy atom. The van der Waals surface area contributed by atoms with Crippen LogP contribution in [0.25, 0.3) is 0 Å². The van der Waals surface area contributed by atoms with Crippen LogP contribution in [0.3, 0.4) is 0 Å². The van der Waals surface area contributed by atoms with E-state index >= 15 is 0 Å².